The second-order valence-corrected chi connectivity index (χ2v) is 8.68. The number of hydrogen-bond donors (Lipinski definition) is 2. The van der Waals surface area contributed by atoms with Gasteiger partial charge < -0.3 is 14.7 Å². The molecule has 1 atom stereocenters. The zero-order valence-corrected chi connectivity index (χ0v) is 16.3. The van der Waals surface area contributed by atoms with Crippen molar-refractivity contribution >= 4 is 5.91 Å². The Morgan fingerprint density at radius 1 is 1.27 bits per heavy atom. The van der Waals surface area contributed by atoms with E-state index in [4.69, 9.17) is 4.74 Å². The topological polar surface area (TPSA) is 81.7 Å². The summed E-state index contributed by atoms with van der Waals surface area (Å²) >= 11 is 0. The molecule has 26 heavy (non-hydrogen) atoms. The maximum Gasteiger partial charge on any atom is 0.274 e. The smallest absolute Gasteiger partial charge is 0.274 e. The van der Waals surface area contributed by atoms with E-state index in [1.807, 2.05) is 11.0 Å². The van der Waals surface area contributed by atoms with Crippen LogP contribution in [-0.2, 0) is 10.2 Å². The van der Waals surface area contributed by atoms with Crippen molar-refractivity contribution in [3.8, 4) is 0 Å². The summed E-state index contributed by atoms with van der Waals surface area (Å²) in [7, 11) is 0. The van der Waals surface area contributed by atoms with Crippen LogP contribution < -0.4 is 0 Å². The maximum atomic E-state index is 12.8. The number of nitrogens with one attached hydrogen (secondary N) is 1. The van der Waals surface area contributed by atoms with Crippen LogP contribution in [0.5, 0.6) is 0 Å². The lowest BCUT2D eigenvalue weighted by atomic mass is 9.92. The van der Waals surface area contributed by atoms with E-state index in [0.29, 0.717) is 31.7 Å². The first-order valence-electron chi connectivity index (χ1n) is 9.65. The third-order valence-corrected chi connectivity index (χ3v) is 5.43. The molecule has 146 valence electrons. The van der Waals surface area contributed by atoms with Crippen LogP contribution in [0.2, 0.25) is 0 Å². The van der Waals surface area contributed by atoms with E-state index < -0.39 is 5.60 Å². The average molecular weight is 364 g/mol. The van der Waals surface area contributed by atoms with Gasteiger partial charge in [0.1, 0.15) is 5.69 Å². The highest BCUT2D eigenvalue weighted by Crippen LogP contribution is 2.26. The Hall–Kier alpha value is -1.44. The highest BCUT2D eigenvalue weighted by atomic mass is 16.5. The Morgan fingerprint density at radius 3 is 2.65 bits per heavy atom. The molecule has 0 saturated carbocycles. The highest BCUT2D eigenvalue weighted by Gasteiger charge is 2.34. The number of β-amino-alcohol motifs (C(OH)–C–C–N with tert-alkyl or cyclic N) is 1. The van der Waals surface area contributed by atoms with Crippen molar-refractivity contribution in [1.82, 2.24) is 20.0 Å². The molecule has 2 fully saturated rings. The molecule has 3 heterocycles. The number of likely N-dealkylation sites (tertiary alicyclic amines) is 1. The number of hydrogen-bond acceptors (Lipinski definition) is 5. The summed E-state index contributed by atoms with van der Waals surface area (Å²) in [6.07, 6.45) is 2.14. The Balaban J connectivity index is 1.60. The van der Waals surface area contributed by atoms with Gasteiger partial charge in [-0.25, -0.2) is 0 Å². The molecular formula is C19H32N4O3. The minimum atomic E-state index is -0.728. The van der Waals surface area contributed by atoms with Gasteiger partial charge in [0.2, 0.25) is 0 Å². The van der Waals surface area contributed by atoms with E-state index in [1.165, 1.54) is 0 Å². The van der Waals surface area contributed by atoms with Gasteiger partial charge in [0.25, 0.3) is 5.91 Å². The van der Waals surface area contributed by atoms with Crippen LogP contribution in [-0.4, -0.2) is 82.5 Å². The van der Waals surface area contributed by atoms with Gasteiger partial charge in [-0.1, -0.05) is 20.8 Å². The molecule has 0 bridgehead atoms. The van der Waals surface area contributed by atoms with E-state index in [2.05, 4.69) is 35.9 Å². The first-order chi connectivity index (χ1) is 12.3. The van der Waals surface area contributed by atoms with Crippen LogP contribution >= 0.6 is 0 Å². The number of ether oxygens (including phenoxy) is 1. The van der Waals surface area contributed by atoms with Gasteiger partial charge in [-0.05, 0) is 25.3 Å². The van der Waals surface area contributed by atoms with Gasteiger partial charge in [-0.15, -0.1) is 0 Å². The fourth-order valence-corrected chi connectivity index (χ4v) is 3.69. The van der Waals surface area contributed by atoms with Crippen LogP contribution in [0.1, 0.15) is 56.2 Å². The molecule has 7 nitrogen and oxygen atoms in total. The zero-order valence-electron chi connectivity index (χ0n) is 16.3. The molecule has 2 aliphatic rings. The number of H-pyrrole nitrogens is 1. The number of morpholine rings is 1. The molecule has 0 spiro atoms. The van der Waals surface area contributed by atoms with Gasteiger partial charge in [-0.3, -0.25) is 14.8 Å². The number of aromatic amines is 1. The van der Waals surface area contributed by atoms with Crippen molar-refractivity contribution in [3.63, 3.8) is 0 Å². The predicted octanol–water partition coefficient (Wildman–Crippen LogP) is 1.40. The number of aromatic nitrogens is 2. The second kappa shape index (κ2) is 7.66. The summed E-state index contributed by atoms with van der Waals surface area (Å²) in [5, 5.41) is 18.2. The zero-order chi connectivity index (χ0) is 18.8. The maximum absolute atomic E-state index is 12.8. The summed E-state index contributed by atoms with van der Waals surface area (Å²) in [6, 6.07) is 1.85. The molecule has 1 aromatic rings. The lowest BCUT2D eigenvalue weighted by Crippen LogP contribution is -2.48. The Morgan fingerprint density at radius 2 is 2.00 bits per heavy atom. The first kappa shape index (κ1) is 19.3. The summed E-state index contributed by atoms with van der Waals surface area (Å²) in [5.41, 5.74) is 0.630. The molecule has 2 aliphatic heterocycles. The van der Waals surface area contributed by atoms with E-state index in [-0.39, 0.29) is 11.3 Å². The van der Waals surface area contributed by atoms with Gasteiger partial charge >= 0.3 is 0 Å². The van der Waals surface area contributed by atoms with Gasteiger partial charge in [-0.2, -0.15) is 5.10 Å². The van der Waals surface area contributed by atoms with Gasteiger partial charge in [0.15, 0.2) is 0 Å². The minimum Gasteiger partial charge on any atom is -0.388 e. The van der Waals surface area contributed by atoms with Crippen molar-refractivity contribution in [3.05, 3.63) is 17.5 Å². The Labute approximate surface area is 155 Å². The standard InChI is InChI=1S/C19H32N4O3/c1-18(2,3)16-13-15(20-21-16)17(24)23-7-4-5-19(25,6-8-23)14-22-9-11-26-12-10-22/h13,25H,4-12,14H2,1-3H3,(H,20,21)/t19-/m1/s1. The van der Waals surface area contributed by atoms with Crippen molar-refractivity contribution in [2.24, 2.45) is 0 Å². The predicted molar refractivity (Wildman–Crippen MR) is 99.3 cm³/mol. The third kappa shape index (κ3) is 4.64. The van der Waals surface area contributed by atoms with Crippen molar-refractivity contribution < 1.29 is 14.6 Å². The van der Waals surface area contributed by atoms with Gasteiger partial charge in [0, 0.05) is 43.8 Å². The van der Waals surface area contributed by atoms with Crippen LogP contribution in [0.15, 0.2) is 6.07 Å². The molecular weight excluding hydrogens is 332 g/mol. The Kier molecular flexibility index (Phi) is 5.69. The molecule has 0 unspecified atom stereocenters. The number of aliphatic hydroxyl groups is 1. The summed E-state index contributed by atoms with van der Waals surface area (Å²) in [6.45, 7) is 11.4. The van der Waals surface area contributed by atoms with Crippen LogP contribution in [0.3, 0.4) is 0 Å². The number of amides is 1. The lowest BCUT2D eigenvalue weighted by molar-refractivity contribution is -0.0389. The molecule has 0 aliphatic carbocycles. The van der Waals surface area contributed by atoms with Crippen molar-refractivity contribution in [2.75, 3.05) is 45.9 Å². The van der Waals surface area contributed by atoms with E-state index >= 15 is 0 Å². The normalized spacial score (nSPS) is 25.9. The molecule has 3 rings (SSSR count). The molecule has 7 heteroatoms. The number of carbonyl (C=O) groups is 1. The minimum absolute atomic E-state index is 0.0487. The molecule has 1 amide bonds. The van der Waals surface area contributed by atoms with Crippen LogP contribution in [0, 0.1) is 0 Å². The highest BCUT2D eigenvalue weighted by molar-refractivity contribution is 5.92. The fraction of sp³-hybridized carbons (Fsp3) is 0.789. The third-order valence-electron chi connectivity index (χ3n) is 5.43. The monoisotopic (exact) mass is 364 g/mol. The van der Waals surface area contributed by atoms with E-state index in [0.717, 1.165) is 44.8 Å². The summed E-state index contributed by atoms with van der Waals surface area (Å²) in [5.74, 6) is -0.0487. The fourth-order valence-electron chi connectivity index (χ4n) is 3.69. The number of carbonyl (C=O) groups excluding carboxylic acids is 1. The Bertz CT molecular complexity index is 619. The number of rotatable bonds is 3. The quantitative estimate of drug-likeness (QED) is 0.847. The SMILES string of the molecule is CC(C)(C)c1cc(C(=O)N2CCC[C@](O)(CN3CCOCC3)CC2)n[nH]1. The second-order valence-electron chi connectivity index (χ2n) is 8.68. The lowest BCUT2D eigenvalue weighted by Gasteiger charge is -2.35. The molecule has 2 saturated heterocycles. The van der Waals surface area contributed by atoms with Crippen molar-refractivity contribution in [2.45, 2.75) is 51.0 Å². The molecule has 0 aromatic carbocycles. The van der Waals surface area contributed by atoms with Crippen molar-refractivity contribution in [1.29, 1.82) is 0 Å². The molecule has 1 aromatic heterocycles. The summed E-state index contributed by atoms with van der Waals surface area (Å²) in [4.78, 5) is 16.9. The average Bonchev–Trinajstić information content (AvgIpc) is 3.01. The van der Waals surface area contributed by atoms with Gasteiger partial charge in [0.05, 0.1) is 18.8 Å². The number of nitrogens with zero attached hydrogens (tertiary/aromatic N) is 3. The largest absolute Gasteiger partial charge is 0.388 e. The molecule has 2 N–H and O–H groups in total. The van der Waals surface area contributed by atoms with E-state index in [9.17, 15) is 9.90 Å². The molecule has 0 radical (unpaired) electrons. The van der Waals surface area contributed by atoms with Crippen LogP contribution in [0.4, 0.5) is 0 Å². The van der Waals surface area contributed by atoms with E-state index in [1.54, 1.807) is 0 Å². The van der Waals surface area contributed by atoms with Crippen LogP contribution in [0.25, 0.3) is 0 Å². The first-order valence-corrected chi connectivity index (χ1v) is 9.65. The summed E-state index contributed by atoms with van der Waals surface area (Å²) < 4.78 is 5.38.